The van der Waals surface area contributed by atoms with Crippen LogP contribution in [0.25, 0.3) is 0 Å². The first-order chi connectivity index (χ1) is 26.7. The predicted molar refractivity (Wildman–Crippen MR) is 210 cm³/mol. The molecule has 4 N–H and O–H groups in total. The van der Waals surface area contributed by atoms with Crippen LogP contribution in [0.15, 0.2) is 24.3 Å². The maximum absolute atomic E-state index is 12.6. The van der Waals surface area contributed by atoms with Gasteiger partial charge in [0, 0.05) is 49.3 Å². The summed E-state index contributed by atoms with van der Waals surface area (Å²) in [7, 11) is 1.52. The molecule has 0 radical (unpaired) electrons. The summed E-state index contributed by atoms with van der Waals surface area (Å²) in [6.45, 7) is 15.8. The Morgan fingerprint density at radius 2 is 1.68 bits per heavy atom. The summed E-state index contributed by atoms with van der Waals surface area (Å²) in [4.78, 5) is 24.5. The summed E-state index contributed by atoms with van der Waals surface area (Å²) in [6, 6.07) is 7.14. The minimum atomic E-state index is -1.68. The van der Waals surface area contributed by atoms with E-state index in [0.29, 0.717) is 30.7 Å². The number of ether oxygens (including phenoxy) is 7. The maximum Gasteiger partial charge on any atom is 0.407 e. The molecular formula is C43H66ClNO12. The third-order valence-corrected chi connectivity index (χ3v) is 14.4. The third kappa shape index (κ3) is 9.17. The van der Waals surface area contributed by atoms with Gasteiger partial charge in [0.25, 0.3) is 0 Å². The van der Waals surface area contributed by atoms with Gasteiger partial charge in [-0.1, -0.05) is 58.4 Å². The minimum Gasteiger partial charge on any atom is -0.481 e. The highest BCUT2D eigenvalue weighted by molar-refractivity contribution is 6.30. The molecule has 0 aromatic heterocycles. The highest BCUT2D eigenvalue weighted by Crippen LogP contribution is 2.54. The zero-order valence-corrected chi connectivity index (χ0v) is 35.8. The van der Waals surface area contributed by atoms with Crippen LogP contribution in [0.4, 0.5) is 4.79 Å². The third-order valence-electron chi connectivity index (χ3n) is 14.2. The Morgan fingerprint density at radius 3 is 2.35 bits per heavy atom. The van der Waals surface area contributed by atoms with E-state index in [-0.39, 0.29) is 61.1 Å². The zero-order chi connectivity index (χ0) is 41.7. The molecule has 5 aliphatic rings. The summed E-state index contributed by atoms with van der Waals surface area (Å²) in [5.74, 6) is -5.00. The Bertz CT molecular complexity index is 1570. The molecule has 5 aliphatic heterocycles. The molecule has 1 spiro atoms. The quantitative estimate of drug-likeness (QED) is 0.181. The average molecular weight is 824 g/mol. The lowest BCUT2D eigenvalue weighted by molar-refractivity contribution is -0.336. The van der Waals surface area contributed by atoms with Crippen LogP contribution < -0.4 is 5.32 Å². The van der Waals surface area contributed by atoms with Crippen molar-refractivity contribution in [1.29, 1.82) is 0 Å². The van der Waals surface area contributed by atoms with Gasteiger partial charge in [0.1, 0.15) is 6.61 Å². The molecule has 1 aromatic carbocycles. The minimum absolute atomic E-state index is 0.0913. The smallest absolute Gasteiger partial charge is 0.407 e. The molecule has 57 heavy (non-hydrogen) atoms. The molecule has 1 amide bonds. The monoisotopic (exact) mass is 823 g/mol. The maximum atomic E-state index is 12.6. The molecule has 6 rings (SSSR count). The van der Waals surface area contributed by atoms with Gasteiger partial charge in [0.05, 0.1) is 59.8 Å². The summed E-state index contributed by atoms with van der Waals surface area (Å²) in [5, 5.41) is 36.1. The van der Waals surface area contributed by atoms with E-state index in [2.05, 4.69) is 33.0 Å². The number of rotatable bonds is 12. The number of aliphatic hydroxyl groups is 2. The van der Waals surface area contributed by atoms with Gasteiger partial charge >= 0.3 is 12.1 Å². The molecule has 5 saturated heterocycles. The van der Waals surface area contributed by atoms with Crippen molar-refractivity contribution in [3.05, 3.63) is 34.9 Å². The first-order valence-electron chi connectivity index (χ1n) is 20.9. The van der Waals surface area contributed by atoms with Gasteiger partial charge < -0.3 is 53.8 Å². The van der Waals surface area contributed by atoms with Crippen LogP contribution in [0.3, 0.4) is 0 Å². The van der Waals surface area contributed by atoms with Crippen molar-refractivity contribution in [2.75, 3.05) is 13.7 Å². The fraction of sp³-hybridized carbons (Fsp3) is 0.814. The van der Waals surface area contributed by atoms with Crippen LogP contribution in [0, 0.1) is 35.5 Å². The van der Waals surface area contributed by atoms with Gasteiger partial charge in [0.2, 0.25) is 5.79 Å². The number of carboxylic acid groups (broad SMARTS) is 1. The Hall–Kier alpha value is -2.07. The molecule has 322 valence electrons. The first-order valence-corrected chi connectivity index (χ1v) is 21.3. The molecule has 0 saturated carbocycles. The number of aliphatic carboxylic acids is 1. The molecule has 5 heterocycles. The lowest BCUT2D eigenvalue weighted by Crippen LogP contribution is -2.57. The fourth-order valence-corrected chi connectivity index (χ4v) is 10.7. The first kappa shape index (κ1) is 44.5. The van der Waals surface area contributed by atoms with E-state index in [4.69, 9.17) is 44.8 Å². The van der Waals surface area contributed by atoms with Crippen molar-refractivity contribution in [2.24, 2.45) is 35.5 Å². The van der Waals surface area contributed by atoms with E-state index >= 15 is 0 Å². The number of alkyl carbamates (subject to hydrolysis) is 1. The largest absolute Gasteiger partial charge is 0.481 e. The van der Waals surface area contributed by atoms with Gasteiger partial charge in [-0.05, 0) is 82.4 Å². The van der Waals surface area contributed by atoms with Crippen molar-refractivity contribution in [3.8, 4) is 0 Å². The number of benzene rings is 1. The predicted octanol–water partition coefficient (Wildman–Crippen LogP) is 6.47. The van der Waals surface area contributed by atoms with Gasteiger partial charge in [-0.2, -0.15) is 0 Å². The van der Waals surface area contributed by atoms with E-state index < -0.39 is 65.2 Å². The molecule has 17 atom stereocenters. The fourth-order valence-electron chi connectivity index (χ4n) is 10.6. The number of aliphatic hydroxyl groups excluding tert-OH is 1. The van der Waals surface area contributed by atoms with Gasteiger partial charge in [-0.15, -0.1) is 0 Å². The Morgan fingerprint density at radius 1 is 0.982 bits per heavy atom. The summed E-state index contributed by atoms with van der Waals surface area (Å²) in [5.41, 5.74) is -0.423. The summed E-state index contributed by atoms with van der Waals surface area (Å²) < 4.78 is 45.2. The number of carboxylic acids is 1. The second-order valence-corrected chi connectivity index (χ2v) is 19.0. The Kier molecular flexibility index (Phi) is 13.4. The zero-order valence-electron chi connectivity index (χ0n) is 35.1. The van der Waals surface area contributed by atoms with Crippen molar-refractivity contribution in [1.82, 2.24) is 5.32 Å². The van der Waals surface area contributed by atoms with Crippen LogP contribution in [0.1, 0.15) is 106 Å². The molecule has 14 heteroatoms. The van der Waals surface area contributed by atoms with Crippen LogP contribution >= 0.6 is 11.6 Å². The number of halogens is 1. The molecule has 1 aromatic rings. The molecule has 0 bridgehead atoms. The van der Waals surface area contributed by atoms with Crippen LogP contribution in [0.5, 0.6) is 0 Å². The Labute approximate surface area is 342 Å². The standard InChI is InChI=1S/C43H66ClNO12/c1-23-18-25(3)43(50,22-52-39(49)45-21-29-10-12-30(44)13-11-29)56-34(23)32-19-24(2)37(53-32)41(8)15-14-33(54-41)40(7)16-17-42(57-40)20-31(46)26(4)36(55-42)27(5)35(51-9)28(6)38(47)48/h10-13,23-28,31-37,46,50H,14-22H2,1-9H3,(H,45,49)(H,47,48)/t23-,24-,25+,26+,27-,28?,31-,32+,33+,34-,35+,36-,37+,40-,41-,42+,43-/m0/s1. The Balaban J connectivity index is 1.06. The van der Waals surface area contributed by atoms with Crippen LogP contribution in [0.2, 0.25) is 5.02 Å². The number of carbonyl (C=O) groups is 2. The summed E-state index contributed by atoms with van der Waals surface area (Å²) >= 11 is 5.97. The number of methoxy groups -OCH3 is 1. The van der Waals surface area contributed by atoms with E-state index in [0.717, 1.165) is 24.8 Å². The molecular weight excluding hydrogens is 758 g/mol. The number of hydrogen-bond donors (Lipinski definition) is 4. The summed E-state index contributed by atoms with van der Waals surface area (Å²) in [6.07, 6.45) is 0.852. The van der Waals surface area contributed by atoms with Crippen molar-refractivity contribution < 1.29 is 58.1 Å². The highest BCUT2D eigenvalue weighted by atomic mass is 35.5. The molecule has 5 fully saturated rings. The number of carbonyl (C=O) groups excluding carboxylic acids is 1. The number of amides is 1. The van der Waals surface area contributed by atoms with Gasteiger partial charge in [-0.3, -0.25) is 4.79 Å². The lowest BCUT2D eigenvalue weighted by atomic mass is 9.78. The SMILES string of the molecule is CO[C@@H](C(C)C(=O)O)[C@H](C)[C@H]1O[C@@]2(CC[C@@](C)([C@H]3CC[C@@](C)([C@@H]4O[C@@H]([C@H]5O[C@@](O)(COC(=O)NCc6ccc(Cl)cc6)[C@H](C)C[C@@H]5C)C[C@@H]4C)O3)O2)C[C@H](O)[C@H]1C. The van der Waals surface area contributed by atoms with Gasteiger partial charge in [0.15, 0.2) is 5.79 Å². The van der Waals surface area contributed by atoms with Crippen LogP contribution in [-0.2, 0) is 44.5 Å². The molecule has 1 unspecified atom stereocenters. The number of hydrogen-bond acceptors (Lipinski definition) is 11. The molecule has 13 nitrogen and oxygen atoms in total. The van der Waals surface area contributed by atoms with E-state index in [1.165, 1.54) is 7.11 Å². The molecule has 0 aliphatic carbocycles. The lowest BCUT2D eigenvalue weighted by Gasteiger charge is -2.48. The van der Waals surface area contributed by atoms with E-state index in [1.807, 2.05) is 32.9 Å². The second-order valence-electron chi connectivity index (χ2n) is 18.6. The van der Waals surface area contributed by atoms with Crippen molar-refractivity contribution in [2.45, 2.75) is 172 Å². The van der Waals surface area contributed by atoms with Crippen LogP contribution in [-0.4, -0.2) is 107 Å². The topological polar surface area (TPSA) is 171 Å². The van der Waals surface area contributed by atoms with E-state index in [1.54, 1.807) is 19.1 Å². The van der Waals surface area contributed by atoms with Crippen molar-refractivity contribution >= 4 is 23.7 Å². The average Bonchev–Trinajstić information content (AvgIpc) is 3.86. The highest BCUT2D eigenvalue weighted by Gasteiger charge is 2.61. The normalized spacial score (nSPS) is 43.8. The van der Waals surface area contributed by atoms with E-state index in [9.17, 15) is 24.9 Å². The van der Waals surface area contributed by atoms with Crippen molar-refractivity contribution in [3.63, 3.8) is 0 Å². The second kappa shape index (κ2) is 17.1. The number of nitrogens with one attached hydrogen (secondary N) is 1. The van der Waals surface area contributed by atoms with Gasteiger partial charge in [-0.25, -0.2) is 4.79 Å².